The molecule has 0 aliphatic rings. The molecule has 3 rings (SSSR count). The molecule has 0 saturated carbocycles. The Morgan fingerprint density at radius 1 is 1.09 bits per heavy atom. The van der Waals surface area contributed by atoms with Gasteiger partial charge in [-0.25, -0.2) is 4.79 Å². The Hall–Kier alpha value is -4.27. The predicted molar refractivity (Wildman–Crippen MR) is 124 cm³/mol. The summed E-state index contributed by atoms with van der Waals surface area (Å²) in [5.41, 5.74) is 1.88. The fourth-order valence-electron chi connectivity index (χ4n) is 3.39. The molecular weight excluding hydrogens is 426 g/mol. The fourth-order valence-corrected chi connectivity index (χ4v) is 3.39. The van der Waals surface area contributed by atoms with Crippen LogP contribution in [-0.4, -0.2) is 33.9 Å². The van der Waals surface area contributed by atoms with Gasteiger partial charge in [-0.2, -0.15) is 0 Å². The summed E-state index contributed by atoms with van der Waals surface area (Å²) < 4.78 is 6.54. The first-order chi connectivity index (χ1) is 15.7. The van der Waals surface area contributed by atoms with Crippen molar-refractivity contribution in [2.45, 2.75) is 19.4 Å². The normalized spacial score (nSPS) is 11.5. The van der Waals surface area contributed by atoms with Crippen molar-refractivity contribution >= 4 is 17.7 Å². The Morgan fingerprint density at radius 3 is 2.42 bits per heavy atom. The molecule has 0 spiro atoms. The summed E-state index contributed by atoms with van der Waals surface area (Å²) in [7, 11) is 3.08. The van der Waals surface area contributed by atoms with E-state index in [0.29, 0.717) is 17.0 Å². The second-order valence-corrected chi connectivity index (χ2v) is 7.52. The molecule has 0 aliphatic heterocycles. The van der Waals surface area contributed by atoms with Crippen molar-refractivity contribution in [1.82, 2.24) is 9.88 Å². The lowest BCUT2D eigenvalue weighted by Gasteiger charge is -2.19. The first-order valence-electron chi connectivity index (χ1n) is 10.1. The molecule has 9 heteroatoms. The van der Waals surface area contributed by atoms with Gasteiger partial charge in [0.05, 0.1) is 19.6 Å². The average Bonchev–Trinajstić information content (AvgIpc) is 2.80. The van der Waals surface area contributed by atoms with Crippen LogP contribution in [0.15, 0.2) is 59.4 Å². The summed E-state index contributed by atoms with van der Waals surface area (Å²) >= 11 is 0. The lowest BCUT2D eigenvalue weighted by atomic mass is 9.98. The van der Waals surface area contributed by atoms with Crippen LogP contribution in [-0.2, 0) is 11.8 Å². The third kappa shape index (κ3) is 5.51. The lowest BCUT2D eigenvalue weighted by Crippen LogP contribution is -2.36. The van der Waals surface area contributed by atoms with Gasteiger partial charge in [-0.05, 0) is 41.8 Å². The SMILES string of the molecule is COc1cccc(-c2cccc(C(CC(=O)O)NC(=O)Nc3c(O)cc(C)n(C)c3=O)c2)c1. The third-order valence-electron chi connectivity index (χ3n) is 5.26. The molecule has 1 aromatic heterocycles. The third-order valence-corrected chi connectivity index (χ3v) is 5.26. The van der Waals surface area contributed by atoms with Gasteiger partial charge in [0, 0.05) is 18.8 Å². The Balaban J connectivity index is 1.88. The Bertz CT molecular complexity index is 1250. The van der Waals surface area contributed by atoms with Crippen LogP contribution < -0.4 is 20.9 Å². The number of aliphatic carboxylic acids is 1. The highest BCUT2D eigenvalue weighted by molar-refractivity contribution is 5.91. The largest absolute Gasteiger partial charge is 0.505 e. The zero-order valence-corrected chi connectivity index (χ0v) is 18.5. The highest BCUT2D eigenvalue weighted by Gasteiger charge is 2.21. The molecule has 0 saturated heterocycles. The maximum absolute atomic E-state index is 12.6. The van der Waals surface area contributed by atoms with Gasteiger partial charge in [0.15, 0.2) is 5.69 Å². The van der Waals surface area contributed by atoms with Crippen LogP contribution in [0.5, 0.6) is 11.5 Å². The Kier molecular flexibility index (Phi) is 7.02. The number of amides is 2. The van der Waals surface area contributed by atoms with Gasteiger partial charge in [0.1, 0.15) is 11.5 Å². The van der Waals surface area contributed by atoms with Crippen molar-refractivity contribution < 1.29 is 24.5 Å². The molecule has 2 amide bonds. The van der Waals surface area contributed by atoms with Crippen molar-refractivity contribution in [1.29, 1.82) is 0 Å². The second kappa shape index (κ2) is 9.90. The molecule has 0 radical (unpaired) electrons. The maximum Gasteiger partial charge on any atom is 0.319 e. The topological polar surface area (TPSA) is 130 Å². The van der Waals surface area contributed by atoms with Gasteiger partial charge in [-0.15, -0.1) is 0 Å². The Morgan fingerprint density at radius 2 is 1.76 bits per heavy atom. The van der Waals surface area contributed by atoms with Crippen LogP contribution in [0.25, 0.3) is 11.1 Å². The number of aromatic hydroxyl groups is 1. The number of rotatable bonds is 7. The van der Waals surface area contributed by atoms with E-state index in [9.17, 15) is 24.6 Å². The molecular formula is C24H25N3O6. The number of carbonyl (C=O) groups excluding carboxylic acids is 1. The van der Waals surface area contributed by atoms with E-state index in [-0.39, 0.29) is 17.9 Å². The molecule has 1 unspecified atom stereocenters. The molecule has 3 aromatic rings. The van der Waals surface area contributed by atoms with Crippen LogP contribution in [0.1, 0.15) is 23.7 Å². The van der Waals surface area contributed by atoms with Gasteiger partial charge in [0.25, 0.3) is 5.56 Å². The number of carboxylic acids is 1. The molecule has 2 aromatic carbocycles. The highest BCUT2D eigenvalue weighted by Crippen LogP contribution is 2.28. The van der Waals surface area contributed by atoms with Crippen molar-refractivity contribution in [3.05, 3.63) is 76.2 Å². The van der Waals surface area contributed by atoms with E-state index < -0.39 is 23.6 Å². The summed E-state index contributed by atoms with van der Waals surface area (Å²) in [6.07, 6.45) is -0.382. The minimum atomic E-state index is -1.11. The molecule has 0 bridgehead atoms. The number of aryl methyl sites for hydroxylation is 1. The quantitative estimate of drug-likeness (QED) is 0.436. The summed E-state index contributed by atoms with van der Waals surface area (Å²) in [6, 6.07) is 14.2. The summed E-state index contributed by atoms with van der Waals surface area (Å²) in [5, 5.41) is 24.4. The van der Waals surface area contributed by atoms with E-state index in [1.54, 1.807) is 32.2 Å². The van der Waals surface area contributed by atoms with Crippen molar-refractivity contribution in [2.75, 3.05) is 12.4 Å². The monoisotopic (exact) mass is 451 g/mol. The number of ether oxygens (including phenoxy) is 1. The van der Waals surface area contributed by atoms with Crippen LogP contribution in [0.2, 0.25) is 0 Å². The highest BCUT2D eigenvalue weighted by atomic mass is 16.5. The minimum absolute atomic E-state index is 0.292. The van der Waals surface area contributed by atoms with Crippen LogP contribution in [0.3, 0.4) is 0 Å². The second-order valence-electron chi connectivity index (χ2n) is 7.52. The van der Waals surface area contributed by atoms with Gasteiger partial charge < -0.3 is 30.2 Å². The smallest absolute Gasteiger partial charge is 0.319 e. The van der Waals surface area contributed by atoms with Gasteiger partial charge in [0.2, 0.25) is 0 Å². The van der Waals surface area contributed by atoms with Crippen LogP contribution in [0, 0.1) is 6.92 Å². The molecule has 0 aliphatic carbocycles. The zero-order valence-electron chi connectivity index (χ0n) is 18.5. The van der Waals surface area contributed by atoms with Crippen molar-refractivity contribution in [3.8, 4) is 22.6 Å². The number of urea groups is 1. The number of aromatic nitrogens is 1. The van der Waals surface area contributed by atoms with Gasteiger partial charge >= 0.3 is 12.0 Å². The molecule has 1 atom stereocenters. The first kappa shape index (κ1) is 23.4. The van der Waals surface area contributed by atoms with E-state index >= 15 is 0 Å². The number of anilines is 1. The van der Waals surface area contributed by atoms with E-state index in [1.165, 1.54) is 17.7 Å². The number of carbonyl (C=O) groups is 2. The predicted octanol–water partition coefficient (Wildman–Crippen LogP) is 3.41. The summed E-state index contributed by atoms with van der Waals surface area (Å²) in [6.45, 7) is 1.64. The Labute approximate surface area is 190 Å². The number of benzene rings is 2. The summed E-state index contributed by atoms with van der Waals surface area (Å²) in [4.78, 5) is 36.5. The minimum Gasteiger partial charge on any atom is -0.505 e. The van der Waals surface area contributed by atoms with Crippen LogP contribution in [0.4, 0.5) is 10.5 Å². The van der Waals surface area contributed by atoms with Gasteiger partial charge in [-0.1, -0.05) is 30.3 Å². The molecule has 0 fully saturated rings. The van der Waals surface area contributed by atoms with Crippen molar-refractivity contribution in [2.24, 2.45) is 7.05 Å². The number of pyridine rings is 1. The summed E-state index contributed by atoms with van der Waals surface area (Å²) in [5.74, 6) is -0.807. The number of hydrogen-bond acceptors (Lipinski definition) is 5. The van der Waals surface area contributed by atoms with Crippen LogP contribution >= 0.6 is 0 Å². The van der Waals surface area contributed by atoms with E-state index in [2.05, 4.69) is 10.6 Å². The van der Waals surface area contributed by atoms with E-state index in [4.69, 9.17) is 4.74 Å². The molecule has 9 nitrogen and oxygen atoms in total. The molecule has 1 heterocycles. The van der Waals surface area contributed by atoms with Gasteiger partial charge in [-0.3, -0.25) is 9.59 Å². The van der Waals surface area contributed by atoms with E-state index in [1.807, 2.05) is 30.3 Å². The number of carboxylic acid groups (broad SMARTS) is 1. The fraction of sp³-hybridized carbons (Fsp3) is 0.208. The molecule has 33 heavy (non-hydrogen) atoms. The maximum atomic E-state index is 12.6. The number of methoxy groups -OCH3 is 1. The number of hydrogen-bond donors (Lipinski definition) is 4. The number of nitrogens with one attached hydrogen (secondary N) is 2. The lowest BCUT2D eigenvalue weighted by molar-refractivity contribution is -0.137. The van der Waals surface area contributed by atoms with Crippen molar-refractivity contribution in [3.63, 3.8) is 0 Å². The standard InChI is InChI=1S/C24H25N3O6/c1-14-10-20(28)22(23(31)27(14)2)26-24(32)25-19(13-21(29)30)17-8-4-6-15(11-17)16-7-5-9-18(12-16)33-3/h4-12,19,28H,13H2,1-3H3,(H,29,30)(H2,25,26,32). The number of nitrogens with zero attached hydrogens (tertiary/aromatic N) is 1. The molecule has 172 valence electrons. The average molecular weight is 451 g/mol. The first-order valence-corrected chi connectivity index (χ1v) is 10.1. The van der Waals surface area contributed by atoms with E-state index in [0.717, 1.165) is 11.1 Å². The molecule has 4 N–H and O–H groups in total. The zero-order chi connectivity index (χ0) is 24.1.